The lowest BCUT2D eigenvalue weighted by atomic mass is 10.0. The summed E-state index contributed by atoms with van der Waals surface area (Å²) in [5.74, 6) is -0.170. The normalized spacial score (nSPS) is 19.4. The van der Waals surface area contributed by atoms with Crippen molar-refractivity contribution in [2.24, 2.45) is 0 Å². The van der Waals surface area contributed by atoms with Gasteiger partial charge in [0.1, 0.15) is 5.82 Å². The third-order valence-electron chi connectivity index (χ3n) is 5.03. The highest BCUT2D eigenvalue weighted by atomic mass is 19.1. The molecule has 1 aromatic carbocycles. The van der Waals surface area contributed by atoms with Gasteiger partial charge in [0.2, 0.25) is 0 Å². The summed E-state index contributed by atoms with van der Waals surface area (Å²) < 4.78 is 15.8. The van der Waals surface area contributed by atoms with Crippen molar-refractivity contribution in [1.82, 2.24) is 20.0 Å². The summed E-state index contributed by atoms with van der Waals surface area (Å²) in [5.41, 5.74) is 4.60. The molecule has 0 radical (unpaired) electrons. The van der Waals surface area contributed by atoms with Gasteiger partial charge in [-0.1, -0.05) is 12.1 Å². The van der Waals surface area contributed by atoms with E-state index in [9.17, 15) is 4.39 Å². The Morgan fingerprint density at radius 3 is 2.68 bits per heavy atom. The molecule has 0 saturated carbocycles. The van der Waals surface area contributed by atoms with E-state index < -0.39 is 0 Å². The summed E-state index contributed by atoms with van der Waals surface area (Å²) in [7, 11) is 0. The Bertz CT molecular complexity index is 745. The van der Waals surface area contributed by atoms with E-state index >= 15 is 0 Å². The van der Waals surface area contributed by atoms with Crippen LogP contribution in [0.4, 0.5) is 4.39 Å². The molecular weight excluding hydrogens is 315 g/mol. The van der Waals surface area contributed by atoms with Crippen LogP contribution in [0.5, 0.6) is 0 Å². The fourth-order valence-electron chi connectivity index (χ4n) is 3.74. The van der Waals surface area contributed by atoms with Gasteiger partial charge in [0.25, 0.3) is 0 Å². The van der Waals surface area contributed by atoms with Crippen LogP contribution < -0.4 is 5.32 Å². The molecule has 0 bridgehead atoms. The van der Waals surface area contributed by atoms with Crippen LogP contribution in [-0.2, 0) is 12.1 Å². The van der Waals surface area contributed by atoms with E-state index in [-0.39, 0.29) is 17.4 Å². The number of nitrogens with zero attached hydrogens (tertiary/aromatic N) is 3. The summed E-state index contributed by atoms with van der Waals surface area (Å²) in [5, 5.41) is 8.22. The second kappa shape index (κ2) is 6.89. The molecule has 1 saturated heterocycles. The first-order chi connectivity index (χ1) is 11.8. The minimum Gasteiger partial charge on any atom is -0.314 e. The van der Waals surface area contributed by atoms with Crippen LogP contribution >= 0.6 is 0 Å². The molecule has 1 unspecified atom stereocenters. The lowest BCUT2D eigenvalue weighted by Gasteiger charge is -2.36. The van der Waals surface area contributed by atoms with Crippen LogP contribution in [0, 0.1) is 19.7 Å². The summed E-state index contributed by atoms with van der Waals surface area (Å²) in [6.07, 6.45) is 0. The lowest BCUT2D eigenvalue weighted by molar-refractivity contribution is 0.153. The molecule has 0 spiro atoms. The monoisotopic (exact) mass is 344 g/mol. The number of aryl methyl sites for hydroxylation is 1. The Kier molecular flexibility index (Phi) is 4.98. The van der Waals surface area contributed by atoms with Gasteiger partial charge in [0, 0.05) is 43.5 Å². The van der Waals surface area contributed by atoms with Crippen molar-refractivity contribution < 1.29 is 4.39 Å². The van der Waals surface area contributed by atoms with E-state index in [1.54, 1.807) is 12.1 Å². The minimum absolute atomic E-state index is 0.0293. The number of piperazine rings is 1. The van der Waals surface area contributed by atoms with Crippen molar-refractivity contribution >= 4 is 0 Å². The predicted octanol–water partition coefficient (Wildman–Crippen LogP) is 3.54. The predicted molar refractivity (Wildman–Crippen MR) is 99.1 cm³/mol. The highest BCUT2D eigenvalue weighted by molar-refractivity contribution is 5.27. The maximum absolute atomic E-state index is 13.7. The van der Waals surface area contributed by atoms with E-state index in [1.807, 2.05) is 6.07 Å². The topological polar surface area (TPSA) is 33.1 Å². The van der Waals surface area contributed by atoms with Gasteiger partial charge in [-0.3, -0.25) is 9.58 Å². The Morgan fingerprint density at radius 1 is 1.28 bits per heavy atom. The summed E-state index contributed by atoms with van der Waals surface area (Å²) in [6.45, 7) is 14.4. The summed E-state index contributed by atoms with van der Waals surface area (Å²) >= 11 is 0. The van der Waals surface area contributed by atoms with E-state index in [0.717, 1.165) is 37.4 Å². The van der Waals surface area contributed by atoms with Gasteiger partial charge >= 0.3 is 0 Å². The first-order valence-electron chi connectivity index (χ1n) is 9.03. The Balaban J connectivity index is 1.89. The van der Waals surface area contributed by atoms with Crippen molar-refractivity contribution in [2.45, 2.75) is 52.7 Å². The molecule has 3 rings (SSSR count). The number of halogens is 1. The van der Waals surface area contributed by atoms with Crippen molar-refractivity contribution in [3.63, 3.8) is 0 Å². The SMILES string of the molecule is Cc1nn(C(C)(C)C)c(C)c1CN1CCNCC1c1cccc(F)c1. The molecule has 2 aromatic rings. The Hall–Kier alpha value is -1.72. The zero-order valence-corrected chi connectivity index (χ0v) is 15.9. The van der Waals surface area contributed by atoms with Gasteiger partial charge in [-0.25, -0.2) is 4.39 Å². The first-order valence-corrected chi connectivity index (χ1v) is 9.03. The fourth-order valence-corrected chi connectivity index (χ4v) is 3.74. The van der Waals surface area contributed by atoms with Crippen LogP contribution in [0.2, 0.25) is 0 Å². The molecule has 0 aliphatic carbocycles. The number of rotatable bonds is 3. The minimum atomic E-state index is -0.170. The van der Waals surface area contributed by atoms with Crippen LogP contribution in [-0.4, -0.2) is 34.3 Å². The summed E-state index contributed by atoms with van der Waals surface area (Å²) in [6, 6.07) is 7.16. The molecule has 136 valence electrons. The zero-order valence-electron chi connectivity index (χ0n) is 15.9. The van der Waals surface area contributed by atoms with Crippen LogP contribution in [0.1, 0.15) is 49.3 Å². The molecule has 4 nitrogen and oxygen atoms in total. The highest BCUT2D eigenvalue weighted by Crippen LogP contribution is 2.28. The van der Waals surface area contributed by atoms with Crippen molar-refractivity contribution in [3.8, 4) is 0 Å². The Morgan fingerprint density at radius 2 is 2.04 bits per heavy atom. The smallest absolute Gasteiger partial charge is 0.123 e. The molecular formula is C20H29FN4. The molecule has 1 aliphatic rings. The van der Waals surface area contributed by atoms with Gasteiger partial charge in [0.15, 0.2) is 0 Å². The quantitative estimate of drug-likeness (QED) is 0.924. The van der Waals surface area contributed by atoms with E-state index in [4.69, 9.17) is 5.10 Å². The van der Waals surface area contributed by atoms with Crippen LogP contribution in [0.15, 0.2) is 24.3 Å². The van der Waals surface area contributed by atoms with Gasteiger partial charge in [0.05, 0.1) is 11.2 Å². The molecule has 1 aromatic heterocycles. The lowest BCUT2D eigenvalue weighted by Crippen LogP contribution is -2.45. The number of hydrogen-bond donors (Lipinski definition) is 1. The molecule has 1 atom stereocenters. The number of hydrogen-bond acceptors (Lipinski definition) is 3. The number of nitrogens with one attached hydrogen (secondary N) is 1. The van der Waals surface area contributed by atoms with Gasteiger partial charge in [-0.15, -0.1) is 0 Å². The molecule has 0 amide bonds. The van der Waals surface area contributed by atoms with Crippen molar-refractivity contribution in [3.05, 3.63) is 52.6 Å². The third kappa shape index (κ3) is 3.77. The largest absolute Gasteiger partial charge is 0.314 e. The van der Waals surface area contributed by atoms with Gasteiger partial charge < -0.3 is 5.32 Å². The molecule has 1 aliphatic heterocycles. The van der Waals surface area contributed by atoms with Crippen LogP contribution in [0.3, 0.4) is 0 Å². The van der Waals surface area contributed by atoms with Crippen LogP contribution in [0.25, 0.3) is 0 Å². The molecule has 25 heavy (non-hydrogen) atoms. The van der Waals surface area contributed by atoms with E-state index in [0.29, 0.717) is 0 Å². The average Bonchev–Trinajstić information content (AvgIpc) is 2.84. The van der Waals surface area contributed by atoms with E-state index in [2.05, 4.69) is 49.5 Å². The zero-order chi connectivity index (χ0) is 18.2. The number of benzene rings is 1. The molecule has 1 fully saturated rings. The first kappa shape index (κ1) is 18.1. The average molecular weight is 344 g/mol. The molecule has 2 heterocycles. The molecule has 5 heteroatoms. The highest BCUT2D eigenvalue weighted by Gasteiger charge is 2.27. The second-order valence-electron chi connectivity index (χ2n) is 7.98. The van der Waals surface area contributed by atoms with Gasteiger partial charge in [-0.05, 0) is 52.3 Å². The van der Waals surface area contributed by atoms with Gasteiger partial charge in [-0.2, -0.15) is 5.10 Å². The third-order valence-corrected chi connectivity index (χ3v) is 5.03. The standard InChI is InChI=1S/C20H29FN4/c1-14-18(15(2)25(23-14)20(3,4)5)13-24-10-9-22-12-19(24)16-7-6-8-17(21)11-16/h6-8,11,19,22H,9-10,12-13H2,1-5H3. The second-order valence-corrected chi connectivity index (χ2v) is 7.98. The Labute approximate surface area is 150 Å². The van der Waals surface area contributed by atoms with Crippen molar-refractivity contribution in [2.75, 3.05) is 19.6 Å². The summed E-state index contributed by atoms with van der Waals surface area (Å²) in [4.78, 5) is 2.44. The maximum Gasteiger partial charge on any atom is 0.123 e. The number of aromatic nitrogens is 2. The van der Waals surface area contributed by atoms with E-state index in [1.165, 1.54) is 17.3 Å². The molecule has 1 N–H and O–H groups in total. The fraction of sp³-hybridized carbons (Fsp3) is 0.550. The van der Waals surface area contributed by atoms with Crippen molar-refractivity contribution in [1.29, 1.82) is 0 Å². The maximum atomic E-state index is 13.7.